The molecular weight excluding hydrogens is 270 g/mol. The van der Waals surface area contributed by atoms with Crippen LogP contribution in [0.4, 0.5) is 5.69 Å². The van der Waals surface area contributed by atoms with Gasteiger partial charge in [0.25, 0.3) is 0 Å². The van der Waals surface area contributed by atoms with E-state index in [1.165, 1.54) is 6.26 Å². The number of sulfone groups is 1. The number of anilines is 1. The van der Waals surface area contributed by atoms with Gasteiger partial charge in [-0.3, -0.25) is 0 Å². The predicted octanol–water partition coefficient (Wildman–Crippen LogP) is 3.03. The SMILES string of the molecule is Cc1cccc(Cl)c1NC1CCCC1S(C)(=O)=O. The molecule has 5 heteroatoms. The van der Waals surface area contributed by atoms with Crippen LogP contribution in [0.25, 0.3) is 0 Å². The van der Waals surface area contributed by atoms with E-state index in [4.69, 9.17) is 11.6 Å². The van der Waals surface area contributed by atoms with Crippen molar-refractivity contribution in [3.8, 4) is 0 Å². The minimum absolute atomic E-state index is 0.0291. The molecule has 0 radical (unpaired) electrons. The highest BCUT2D eigenvalue weighted by atomic mass is 35.5. The first-order valence-electron chi connectivity index (χ1n) is 6.10. The molecule has 0 bridgehead atoms. The summed E-state index contributed by atoms with van der Waals surface area (Å²) in [7, 11) is -3.00. The number of rotatable bonds is 3. The first-order valence-corrected chi connectivity index (χ1v) is 8.43. The monoisotopic (exact) mass is 287 g/mol. The maximum Gasteiger partial charge on any atom is 0.152 e. The first-order chi connectivity index (χ1) is 8.39. The van der Waals surface area contributed by atoms with Crippen LogP contribution in [0.2, 0.25) is 5.02 Å². The van der Waals surface area contributed by atoms with Gasteiger partial charge in [0, 0.05) is 12.3 Å². The minimum Gasteiger partial charge on any atom is -0.380 e. The van der Waals surface area contributed by atoms with Gasteiger partial charge in [-0.15, -0.1) is 0 Å². The summed E-state index contributed by atoms with van der Waals surface area (Å²) in [6, 6.07) is 5.66. The summed E-state index contributed by atoms with van der Waals surface area (Å²) < 4.78 is 23.5. The van der Waals surface area contributed by atoms with Gasteiger partial charge in [-0.25, -0.2) is 8.42 Å². The van der Waals surface area contributed by atoms with Gasteiger partial charge < -0.3 is 5.32 Å². The Hall–Kier alpha value is -0.740. The van der Waals surface area contributed by atoms with E-state index in [9.17, 15) is 8.42 Å². The van der Waals surface area contributed by atoms with E-state index in [1.54, 1.807) is 0 Å². The van der Waals surface area contributed by atoms with Crippen LogP contribution in [-0.2, 0) is 9.84 Å². The second-order valence-electron chi connectivity index (χ2n) is 4.98. The van der Waals surface area contributed by atoms with Crippen LogP contribution < -0.4 is 5.32 Å². The molecule has 18 heavy (non-hydrogen) atoms. The Bertz CT molecular complexity index is 522. The molecule has 1 aromatic carbocycles. The Labute approximate surface area is 113 Å². The average Bonchev–Trinajstić information content (AvgIpc) is 2.71. The summed E-state index contributed by atoms with van der Waals surface area (Å²) in [5, 5.41) is 3.67. The lowest BCUT2D eigenvalue weighted by Gasteiger charge is -2.22. The lowest BCUT2D eigenvalue weighted by Crippen LogP contribution is -2.34. The molecule has 1 aliphatic carbocycles. The topological polar surface area (TPSA) is 46.2 Å². The van der Waals surface area contributed by atoms with Crippen molar-refractivity contribution in [3.05, 3.63) is 28.8 Å². The minimum atomic E-state index is -3.00. The zero-order chi connectivity index (χ0) is 13.3. The molecule has 1 saturated carbocycles. The molecule has 0 heterocycles. The molecule has 1 aliphatic rings. The van der Waals surface area contributed by atoms with Gasteiger partial charge in [-0.2, -0.15) is 0 Å². The zero-order valence-corrected chi connectivity index (χ0v) is 12.2. The Balaban J connectivity index is 2.24. The van der Waals surface area contributed by atoms with Gasteiger partial charge in [0.2, 0.25) is 0 Å². The molecule has 0 spiro atoms. The summed E-state index contributed by atoms with van der Waals surface area (Å²) in [5.41, 5.74) is 1.90. The largest absolute Gasteiger partial charge is 0.380 e. The smallest absolute Gasteiger partial charge is 0.152 e. The van der Waals surface area contributed by atoms with Crippen LogP contribution >= 0.6 is 11.6 Å². The van der Waals surface area contributed by atoms with E-state index in [0.717, 1.165) is 30.5 Å². The van der Waals surface area contributed by atoms with E-state index in [2.05, 4.69) is 5.32 Å². The maximum atomic E-state index is 11.7. The van der Waals surface area contributed by atoms with E-state index in [-0.39, 0.29) is 11.3 Å². The quantitative estimate of drug-likeness (QED) is 0.929. The van der Waals surface area contributed by atoms with E-state index < -0.39 is 9.84 Å². The lowest BCUT2D eigenvalue weighted by molar-refractivity contribution is 0.579. The normalized spacial score (nSPS) is 24.2. The van der Waals surface area contributed by atoms with Crippen molar-refractivity contribution in [2.24, 2.45) is 0 Å². The van der Waals surface area contributed by atoms with Gasteiger partial charge in [0.05, 0.1) is 16.0 Å². The fourth-order valence-electron chi connectivity index (χ4n) is 2.60. The highest BCUT2D eigenvalue weighted by Gasteiger charge is 2.35. The van der Waals surface area contributed by atoms with Crippen molar-refractivity contribution in [1.82, 2.24) is 0 Å². The van der Waals surface area contributed by atoms with E-state index in [1.807, 2.05) is 25.1 Å². The molecule has 0 aliphatic heterocycles. The highest BCUT2D eigenvalue weighted by Crippen LogP contribution is 2.32. The van der Waals surface area contributed by atoms with E-state index >= 15 is 0 Å². The summed E-state index contributed by atoms with van der Waals surface area (Å²) in [6.07, 6.45) is 3.87. The maximum absolute atomic E-state index is 11.7. The summed E-state index contributed by atoms with van der Waals surface area (Å²) in [6.45, 7) is 1.97. The van der Waals surface area contributed by atoms with Crippen molar-refractivity contribution in [3.63, 3.8) is 0 Å². The third kappa shape index (κ3) is 2.81. The molecule has 1 N–H and O–H groups in total. The lowest BCUT2D eigenvalue weighted by atomic mass is 10.1. The molecule has 2 rings (SSSR count). The number of hydrogen-bond acceptors (Lipinski definition) is 3. The third-order valence-corrected chi connectivity index (χ3v) is 5.53. The van der Waals surface area contributed by atoms with Gasteiger partial charge in [0.1, 0.15) is 0 Å². The summed E-state index contributed by atoms with van der Waals surface area (Å²) >= 11 is 6.16. The van der Waals surface area contributed by atoms with Crippen molar-refractivity contribution < 1.29 is 8.42 Å². The fraction of sp³-hybridized carbons (Fsp3) is 0.538. The summed E-state index contributed by atoms with van der Waals surface area (Å²) in [4.78, 5) is 0. The first kappa shape index (κ1) is 13.7. The zero-order valence-electron chi connectivity index (χ0n) is 10.6. The second kappa shape index (κ2) is 5.10. The fourth-order valence-corrected chi connectivity index (χ4v) is 4.28. The Morgan fingerprint density at radius 1 is 1.33 bits per heavy atom. The number of hydrogen-bond donors (Lipinski definition) is 1. The Morgan fingerprint density at radius 3 is 2.67 bits per heavy atom. The Morgan fingerprint density at radius 2 is 2.06 bits per heavy atom. The molecule has 1 fully saturated rings. The number of halogens is 1. The van der Waals surface area contributed by atoms with Gasteiger partial charge >= 0.3 is 0 Å². The second-order valence-corrected chi connectivity index (χ2v) is 7.65. The third-order valence-electron chi connectivity index (χ3n) is 3.55. The molecule has 0 aromatic heterocycles. The standard InChI is InChI=1S/C13H18ClNO2S/c1-9-5-3-6-10(14)13(9)15-11-7-4-8-12(11)18(2,16)17/h3,5-6,11-12,15H,4,7-8H2,1-2H3. The average molecular weight is 288 g/mol. The van der Waals surface area contributed by atoms with Crippen molar-refractivity contribution >= 4 is 27.1 Å². The van der Waals surface area contributed by atoms with E-state index in [0.29, 0.717) is 5.02 Å². The predicted molar refractivity (Wildman–Crippen MR) is 76.1 cm³/mol. The van der Waals surface area contributed by atoms with Gasteiger partial charge in [0.15, 0.2) is 9.84 Å². The summed E-state index contributed by atoms with van der Waals surface area (Å²) in [5.74, 6) is 0. The van der Waals surface area contributed by atoms with Crippen molar-refractivity contribution in [1.29, 1.82) is 0 Å². The number of para-hydroxylation sites is 1. The van der Waals surface area contributed by atoms with Gasteiger partial charge in [-0.1, -0.05) is 23.7 Å². The number of nitrogens with one attached hydrogen (secondary N) is 1. The van der Waals surface area contributed by atoms with Crippen LogP contribution in [0.1, 0.15) is 24.8 Å². The molecule has 2 unspecified atom stereocenters. The molecule has 0 amide bonds. The molecule has 2 atom stereocenters. The Kier molecular flexibility index (Phi) is 3.87. The van der Waals surface area contributed by atoms with Gasteiger partial charge in [-0.05, 0) is 37.8 Å². The molecule has 0 saturated heterocycles. The van der Waals surface area contributed by atoms with Crippen LogP contribution in [-0.4, -0.2) is 26.0 Å². The van der Waals surface area contributed by atoms with Crippen LogP contribution in [0.15, 0.2) is 18.2 Å². The molecular formula is C13H18ClNO2S. The number of benzene rings is 1. The van der Waals surface area contributed by atoms with Crippen molar-refractivity contribution in [2.75, 3.05) is 11.6 Å². The molecule has 100 valence electrons. The highest BCUT2D eigenvalue weighted by molar-refractivity contribution is 7.91. The molecule has 1 aromatic rings. The van der Waals surface area contributed by atoms with Crippen molar-refractivity contribution in [2.45, 2.75) is 37.5 Å². The molecule has 3 nitrogen and oxygen atoms in total. The van der Waals surface area contributed by atoms with Crippen LogP contribution in [0, 0.1) is 6.92 Å². The number of aryl methyl sites for hydroxylation is 1. The van der Waals surface area contributed by atoms with Crippen LogP contribution in [0.3, 0.4) is 0 Å². The van der Waals surface area contributed by atoms with Crippen LogP contribution in [0.5, 0.6) is 0 Å².